The third-order valence-corrected chi connectivity index (χ3v) is 3.77. The molecule has 2 aliphatic rings. The number of rotatable bonds is 3. The standard InChI is InChI=1S/C12H16O3/c1-7-8-3-4-9(5-8)12(7)10(13)6-11(14)15-2/h3-4,7-9,12H,5-6H2,1-2H3. The lowest BCUT2D eigenvalue weighted by atomic mass is 9.81. The minimum absolute atomic E-state index is 0.0408. The maximum Gasteiger partial charge on any atom is 0.313 e. The van der Waals surface area contributed by atoms with Crippen LogP contribution in [0.5, 0.6) is 0 Å². The maximum absolute atomic E-state index is 11.9. The number of methoxy groups -OCH3 is 1. The van der Waals surface area contributed by atoms with Gasteiger partial charge in [0, 0.05) is 5.92 Å². The fourth-order valence-electron chi connectivity index (χ4n) is 2.93. The zero-order chi connectivity index (χ0) is 11.0. The quantitative estimate of drug-likeness (QED) is 0.402. The third-order valence-electron chi connectivity index (χ3n) is 3.77. The van der Waals surface area contributed by atoms with Gasteiger partial charge in [0.15, 0.2) is 0 Å². The summed E-state index contributed by atoms with van der Waals surface area (Å²) in [5.74, 6) is 0.963. The molecule has 0 aromatic carbocycles. The molecule has 1 fully saturated rings. The summed E-state index contributed by atoms with van der Waals surface area (Å²) in [4.78, 5) is 22.9. The van der Waals surface area contributed by atoms with Crippen LogP contribution < -0.4 is 0 Å². The molecule has 0 heterocycles. The summed E-state index contributed by atoms with van der Waals surface area (Å²) in [5, 5.41) is 0. The van der Waals surface area contributed by atoms with Crippen molar-refractivity contribution < 1.29 is 14.3 Å². The van der Waals surface area contributed by atoms with Crippen molar-refractivity contribution in [1.82, 2.24) is 0 Å². The van der Waals surface area contributed by atoms with Crippen molar-refractivity contribution in [1.29, 1.82) is 0 Å². The van der Waals surface area contributed by atoms with E-state index in [0.29, 0.717) is 17.8 Å². The Hall–Kier alpha value is -1.12. The van der Waals surface area contributed by atoms with Crippen molar-refractivity contribution >= 4 is 11.8 Å². The number of esters is 1. The Morgan fingerprint density at radius 1 is 1.33 bits per heavy atom. The molecule has 2 bridgehead atoms. The topological polar surface area (TPSA) is 43.4 Å². The summed E-state index contributed by atoms with van der Waals surface area (Å²) < 4.78 is 4.52. The number of fused-ring (bicyclic) bond motifs is 2. The minimum atomic E-state index is -0.418. The molecule has 2 aliphatic carbocycles. The van der Waals surface area contributed by atoms with E-state index < -0.39 is 5.97 Å². The minimum Gasteiger partial charge on any atom is -0.469 e. The van der Waals surface area contributed by atoms with Crippen molar-refractivity contribution in [2.75, 3.05) is 7.11 Å². The Labute approximate surface area is 89.5 Å². The molecule has 3 heteroatoms. The predicted octanol–water partition coefficient (Wildman–Crippen LogP) is 1.58. The van der Waals surface area contributed by atoms with Crippen molar-refractivity contribution in [3.05, 3.63) is 12.2 Å². The number of Topliss-reactive ketones (excluding diaryl/α,β-unsaturated/α-hetero) is 1. The Balaban J connectivity index is 2.02. The van der Waals surface area contributed by atoms with E-state index in [1.807, 2.05) is 0 Å². The summed E-state index contributed by atoms with van der Waals surface area (Å²) >= 11 is 0. The van der Waals surface area contributed by atoms with E-state index in [9.17, 15) is 9.59 Å². The predicted molar refractivity (Wildman–Crippen MR) is 55.0 cm³/mol. The van der Waals surface area contributed by atoms with Crippen LogP contribution in [-0.4, -0.2) is 18.9 Å². The molecule has 0 aliphatic heterocycles. The lowest BCUT2D eigenvalue weighted by Gasteiger charge is -2.22. The third kappa shape index (κ3) is 1.71. The van der Waals surface area contributed by atoms with Crippen LogP contribution in [0, 0.1) is 23.7 Å². The Bertz CT molecular complexity index is 319. The van der Waals surface area contributed by atoms with E-state index in [-0.39, 0.29) is 18.1 Å². The van der Waals surface area contributed by atoms with E-state index in [2.05, 4.69) is 23.8 Å². The second-order valence-electron chi connectivity index (χ2n) is 4.55. The van der Waals surface area contributed by atoms with Gasteiger partial charge in [-0.05, 0) is 24.2 Å². The first kappa shape index (κ1) is 10.4. The Kier molecular flexibility index (Phi) is 2.63. The molecule has 2 rings (SSSR count). The first-order valence-electron chi connectivity index (χ1n) is 5.41. The molecule has 4 unspecified atom stereocenters. The fraction of sp³-hybridized carbons (Fsp3) is 0.667. The molecule has 0 radical (unpaired) electrons. The van der Waals surface area contributed by atoms with Crippen molar-refractivity contribution in [3.8, 4) is 0 Å². The van der Waals surface area contributed by atoms with Gasteiger partial charge in [-0.1, -0.05) is 19.1 Å². The number of hydrogen-bond acceptors (Lipinski definition) is 3. The van der Waals surface area contributed by atoms with E-state index in [1.165, 1.54) is 7.11 Å². The highest BCUT2D eigenvalue weighted by Gasteiger charge is 2.45. The van der Waals surface area contributed by atoms with E-state index >= 15 is 0 Å². The van der Waals surface area contributed by atoms with Gasteiger partial charge in [0.2, 0.25) is 0 Å². The molecule has 0 amide bonds. The molecular weight excluding hydrogens is 192 g/mol. The first-order chi connectivity index (χ1) is 7.13. The normalized spacial score (nSPS) is 36.9. The van der Waals surface area contributed by atoms with Crippen LogP contribution in [-0.2, 0) is 14.3 Å². The summed E-state index contributed by atoms with van der Waals surface area (Å²) in [7, 11) is 1.32. The van der Waals surface area contributed by atoms with Gasteiger partial charge in [0.05, 0.1) is 7.11 Å². The number of ketones is 1. The highest BCUT2D eigenvalue weighted by atomic mass is 16.5. The van der Waals surface area contributed by atoms with Gasteiger partial charge >= 0.3 is 5.97 Å². The van der Waals surface area contributed by atoms with Crippen molar-refractivity contribution in [2.24, 2.45) is 23.7 Å². The number of hydrogen-bond donors (Lipinski definition) is 0. The van der Waals surface area contributed by atoms with Crippen molar-refractivity contribution in [3.63, 3.8) is 0 Å². The van der Waals surface area contributed by atoms with Crippen LogP contribution in [0.15, 0.2) is 12.2 Å². The zero-order valence-electron chi connectivity index (χ0n) is 9.10. The molecule has 0 spiro atoms. The summed E-state index contributed by atoms with van der Waals surface area (Å²) in [6.07, 6.45) is 5.35. The molecule has 1 saturated carbocycles. The summed E-state index contributed by atoms with van der Waals surface area (Å²) in [6.45, 7) is 2.11. The maximum atomic E-state index is 11.9. The van der Waals surface area contributed by atoms with Gasteiger partial charge in [0.25, 0.3) is 0 Å². The van der Waals surface area contributed by atoms with Crippen LogP contribution >= 0.6 is 0 Å². The van der Waals surface area contributed by atoms with Crippen LogP contribution in [0.25, 0.3) is 0 Å². The molecule has 0 N–H and O–H groups in total. The van der Waals surface area contributed by atoms with Crippen LogP contribution in [0.3, 0.4) is 0 Å². The Morgan fingerprint density at radius 2 is 2.00 bits per heavy atom. The van der Waals surface area contributed by atoms with Crippen LogP contribution in [0.1, 0.15) is 19.8 Å². The highest BCUT2D eigenvalue weighted by Crippen LogP contribution is 2.48. The molecule has 82 valence electrons. The molecule has 3 nitrogen and oxygen atoms in total. The lowest BCUT2D eigenvalue weighted by Crippen LogP contribution is -2.27. The number of carbonyl (C=O) groups is 2. The highest BCUT2D eigenvalue weighted by molar-refractivity contribution is 5.97. The summed E-state index contributed by atoms with van der Waals surface area (Å²) in [6, 6.07) is 0. The van der Waals surface area contributed by atoms with Gasteiger partial charge < -0.3 is 4.74 Å². The van der Waals surface area contributed by atoms with E-state index in [0.717, 1.165) is 6.42 Å². The summed E-state index contributed by atoms with van der Waals surface area (Å²) in [5.41, 5.74) is 0. The average Bonchev–Trinajstić information content (AvgIpc) is 2.77. The monoisotopic (exact) mass is 208 g/mol. The zero-order valence-corrected chi connectivity index (χ0v) is 9.10. The van der Waals surface area contributed by atoms with Crippen LogP contribution in [0.4, 0.5) is 0 Å². The average molecular weight is 208 g/mol. The van der Waals surface area contributed by atoms with Gasteiger partial charge in [-0.25, -0.2) is 0 Å². The molecular formula is C12H16O3. The second-order valence-corrected chi connectivity index (χ2v) is 4.55. The molecule has 4 atom stereocenters. The van der Waals surface area contributed by atoms with Gasteiger partial charge in [-0.15, -0.1) is 0 Å². The largest absolute Gasteiger partial charge is 0.469 e. The van der Waals surface area contributed by atoms with Gasteiger partial charge in [0.1, 0.15) is 12.2 Å². The number of allylic oxidation sites excluding steroid dienone is 2. The number of ether oxygens (including phenoxy) is 1. The molecule has 0 aromatic rings. The first-order valence-corrected chi connectivity index (χ1v) is 5.41. The smallest absolute Gasteiger partial charge is 0.313 e. The molecule has 15 heavy (non-hydrogen) atoms. The molecule has 0 aromatic heterocycles. The number of carbonyl (C=O) groups excluding carboxylic acids is 2. The molecule has 0 saturated heterocycles. The van der Waals surface area contributed by atoms with E-state index in [4.69, 9.17) is 0 Å². The lowest BCUT2D eigenvalue weighted by molar-refractivity contribution is -0.144. The second kappa shape index (κ2) is 3.80. The van der Waals surface area contributed by atoms with Crippen LogP contribution in [0.2, 0.25) is 0 Å². The SMILES string of the molecule is COC(=O)CC(=O)C1C2C=CC(C2)C1C. The van der Waals surface area contributed by atoms with Gasteiger partial charge in [-0.2, -0.15) is 0 Å². The van der Waals surface area contributed by atoms with Gasteiger partial charge in [-0.3, -0.25) is 9.59 Å². The van der Waals surface area contributed by atoms with Crippen molar-refractivity contribution in [2.45, 2.75) is 19.8 Å². The fourth-order valence-corrected chi connectivity index (χ4v) is 2.93. The van der Waals surface area contributed by atoms with E-state index in [1.54, 1.807) is 0 Å². The Morgan fingerprint density at radius 3 is 2.53 bits per heavy atom.